The second-order valence-corrected chi connectivity index (χ2v) is 8.47. The fourth-order valence-electron chi connectivity index (χ4n) is 4.14. The van der Waals surface area contributed by atoms with Crippen LogP contribution >= 0.6 is 0 Å². The minimum atomic E-state index is -3.77. The van der Waals surface area contributed by atoms with E-state index in [2.05, 4.69) is 4.98 Å². The maximum Gasteiger partial charge on any atom is 0.308 e. The molecule has 2 aliphatic heterocycles. The molecule has 6 nitrogen and oxygen atoms in total. The first-order chi connectivity index (χ1) is 11.4. The zero-order valence-corrected chi connectivity index (χ0v) is 14.0. The zero-order chi connectivity index (χ0) is 17.1. The van der Waals surface area contributed by atoms with Crippen LogP contribution in [0.3, 0.4) is 0 Å². The molecule has 2 bridgehead atoms. The molecular weight excluding hydrogens is 328 g/mol. The van der Waals surface area contributed by atoms with Crippen molar-refractivity contribution in [2.24, 2.45) is 5.92 Å². The van der Waals surface area contributed by atoms with Gasteiger partial charge in [0.15, 0.2) is 0 Å². The van der Waals surface area contributed by atoms with Gasteiger partial charge < -0.3 is 5.11 Å². The lowest BCUT2D eigenvalue weighted by Crippen LogP contribution is -2.38. The highest BCUT2D eigenvalue weighted by Gasteiger charge is 2.54. The lowest BCUT2D eigenvalue weighted by atomic mass is 9.89. The second kappa shape index (κ2) is 5.26. The highest BCUT2D eigenvalue weighted by Crippen LogP contribution is 2.45. The fraction of sp³-hybridized carbons (Fsp3) is 0.412. The van der Waals surface area contributed by atoms with Crippen molar-refractivity contribution < 1.29 is 18.3 Å². The third-order valence-corrected chi connectivity index (χ3v) is 7.17. The van der Waals surface area contributed by atoms with Crippen LogP contribution in [0.5, 0.6) is 0 Å². The van der Waals surface area contributed by atoms with Crippen LogP contribution in [0.1, 0.15) is 24.8 Å². The number of carboxylic acids is 1. The summed E-state index contributed by atoms with van der Waals surface area (Å²) in [6, 6.07) is 6.35. The Labute approximate surface area is 140 Å². The van der Waals surface area contributed by atoms with E-state index < -0.39 is 28.0 Å². The number of fused-ring (bicyclic) bond motifs is 3. The predicted molar refractivity (Wildman–Crippen MR) is 88.1 cm³/mol. The Morgan fingerprint density at radius 1 is 1.33 bits per heavy atom. The lowest BCUT2D eigenvalue weighted by Gasteiger charge is -2.23. The molecule has 3 unspecified atom stereocenters. The van der Waals surface area contributed by atoms with E-state index in [-0.39, 0.29) is 10.9 Å². The summed E-state index contributed by atoms with van der Waals surface area (Å²) in [7, 11) is -3.77. The van der Waals surface area contributed by atoms with E-state index >= 15 is 0 Å². The average molecular weight is 346 g/mol. The Hall–Kier alpha value is -1.99. The molecule has 3 heterocycles. The van der Waals surface area contributed by atoms with Crippen LogP contribution in [0.15, 0.2) is 35.4 Å². The van der Waals surface area contributed by atoms with Gasteiger partial charge in [0.05, 0.1) is 11.4 Å². The first kappa shape index (κ1) is 15.5. The Bertz CT molecular complexity index is 941. The molecular formula is C17H18N2O4S. The molecule has 0 radical (unpaired) electrons. The van der Waals surface area contributed by atoms with Crippen LogP contribution in [-0.2, 0) is 14.8 Å². The number of para-hydroxylation sites is 1. The van der Waals surface area contributed by atoms with Gasteiger partial charge >= 0.3 is 5.97 Å². The SMILES string of the molecule is Cc1cnc2c(S(=O)(=O)N3C4CCC3C(C(=O)O)C4)cccc2c1. The molecule has 24 heavy (non-hydrogen) atoms. The number of hydrogen-bond donors (Lipinski definition) is 1. The second-order valence-electron chi connectivity index (χ2n) is 6.65. The van der Waals surface area contributed by atoms with Gasteiger partial charge in [-0.3, -0.25) is 9.78 Å². The summed E-state index contributed by atoms with van der Waals surface area (Å²) in [5, 5.41) is 10.1. The number of benzene rings is 1. The number of rotatable bonds is 3. The van der Waals surface area contributed by atoms with Gasteiger partial charge in [0.2, 0.25) is 10.0 Å². The van der Waals surface area contributed by atoms with Crippen molar-refractivity contribution >= 4 is 26.9 Å². The van der Waals surface area contributed by atoms with Crippen molar-refractivity contribution in [1.29, 1.82) is 0 Å². The molecule has 1 N–H and O–H groups in total. The monoisotopic (exact) mass is 346 g/mol. The first-order valence-corrected chi connectivity index (χ1v) is 9.45. The molecule has 1 aromatic heterocycles. The van der Waals surface area contributed by atoms with Crippen LogP contribution in [0, 0.1) is 12.8 Å². The summed E-state index contributed by atoms with van der Waals surface area (Å²) in [5.74, 6) is -1.52. The van der Waals surface area contributed by atoms with Crippen LogP contribution in [-0.4, -0.2) is 40.9 Å². The number of aliphatic carboxylic acids is 1. The van der Waals surface area contributed by atoms with Gasteiger partial charge in [-0.15, -0.1) is 0 Å². The predicted octanol–water partition coefficient (Wildman–Crippen LogP) is 2.17. The van der Waals surface area contributed by atoms with Crippen molar-refractivity contribution in [2.75, 3.05) is 0 Å². The summed E-state index contributed by atoms with van der Waals surface area (Å²) in [4.78, 5) is 15.9. The number of aromatic nitrogens is 1. The molecule has 1 aromatic carbocycles. The molecule has 2 aromatic rings. The van der Waals surface area contributed by atoms with Gasteiger partial charge in [-0.25, -0.2) is 8.42 Å². The molecule has 2 fully saturated rings. The summed E-state index contributed by atoms with van der Waals surface area (Å²) in [6.07, 6.45) is 3.39. The normalized spacial score (nSPS) is 27.0. The molecule has 0 amide bonds. The Kier molecular flexibility index (Phi) is 3.40. The summed E-state index contributed by atoms with van der Waals surface area (Å²) in [6.45, 7) is 1.91. The Balaban J connectivity index is 1.84. The Morgan fingerprint density at radius 3 is 2.83 bits per heavy atom. The highest BCUT2D eigenvalue weighted by atomic mass is 32.2. The quantitative estimate of drug-likeness (QED) is 0.920. The van der Waals surface area contributed by atoms with Gasteiger partial charge in [0.1, 0.15) is 4.90 Å². The van der Waals surface area contributed by atoms with Gasteiger partial charge in [0.25, 0.3) is 0 Å². The maximum absolute atomic E-state index is 13.3. The molecule has 0 aliphatic carbocycles. The van der Waals surface area contributed by atoms with E-state index in [1.54, 1.807) is 18.3 Å². The largest absolute Gasteiger partial charge is 0.481 e. The smallest absolute Gasteiger partial charge is 0.308 e. The minimum absolute atomic E-state index is 0.169. The van der Waals surface area contributed by atoms with Crippen LogP contribution in [0.4, 0.5) is 0 Å². The third kappa shape index (κ3) is 2.15. The van der Waals surface area contributed by atoms with Crippen molar-refractivity contribution in [3.63, 3.8) is 0 Å². The van der Waals surface area contributed by atoms with E-state index in [1.165, 1.54) is 4.31 Å². The molecule has 2 aliphatic rings. The number of hydrogen-bond acceptors (Lipinski definition) is 4. The summed E-state index contributed by atoms with van der Waals surface area (Å²) < 4.78 is 27.9. The van der Waals surface area contributed by atoms with Crippen molar-refractivity contribution in [2.45, 2.75) is 43.2 Å². The van der Waals surface area contributed by atoms with Gasteiger partial charge in [-0.05, 0) is 43.9 Å². The van der Waals surface area contributed by atoms with Crippen molar-refractivity contribution in [3.05, 3.63) is 36.0 Å². The number of pyridine rings is 1. The van der Waals surface area contributed by atoms with E-state index in [1.807, 2.05) is 19.1 Å². The van der Waals surface area contributed by atoms with Gasteiger partial charge in [-0.1, -0.05) is 12.1 Å². The van der Waals surface area contributed by atoms with Crippen LogP contribution < -0.4 is 0 Å². The minimum Gasteiger partial charge on any atom is -0.481 e. The standard InChI is InChI=1S/C17H18N2O4S/c1-10-7-11-3-2-4-15(16(11)18-9-10)24(22,23)19-12-5-6-14(19)13(8-12)17(20)21/h2-4,7,9,12-14H,5-6,8H2,1H3,(H,20,21). The zero-order valence-electron chi connectivity index (χ0n) is 13.2. The summed E-state index contributed by atoms with van der Waals surface area (Å²) in [5.41, 5.74) is 1.41. The number of carboxylic acid groups (broad SMARTS) is 1. The van der Waals surface area contributed by atoms with Gasteiger partial charge in [0, 0.05) is 23.7 Å². The van der Waals surface area contributed by atoms with Crippen molar-refractivity contribution in [3.8, 4) is 0 Å². The van der Waals surface area contributed by atoms with Crippen LogP contribution in [0.2, 0.25) is 0 Å². The molecule has 7 heteroatoms. The van der Waals surface area contributed by atoms with Crippen LogP contribution in [0.25, 0.3) is 10.9 Å². The van der Waals surface area contributed by atoms with E-state index in [9.17, 15) is 18.3 Å². The first-order valence-electron chi connectivity index (χ1n) is 8.01. The number of nitrogens with zero attached hydrogens (tertiary/aromatic N) is 2. The topological polar surface area (TPSA) is 87.6 Å². The molecule has 4 rings (SSSR count). The number of aryl methyl sites for hydroxylation is 1. The Morgan fingerprint density at radius 2 is 2.12 bits per heavy atom. The lowest BCUT2D eigenvalue weighted by molar-refractivity contribution is -0.142. The van der Waals surface area contributed by atoms with Crippen molar-refractivity contribution in [1.82, 2.24) is 9.29 Å². The number of sulfonamides is 1. The molecule has 0 spiro atoms. The number of carbonyl (C=O) groups is 1. The molecule has 3 atom stereocenters. The third-order valence-electron chi connectivity index (χ3n) is 5.16. The van der Waals surface area contributed by atoms with E-state index in [4.69, 9.17) is 0 Å². The summed E-state index contributed by atoms with van der Waals surface area (Å²) >= 11 is 0. The van der Waals surface area contributed by atoms with E-state index in [0.29, 0.717) is 18.4 Å². The molecule has 0 saturated carbocycles. The highest BCUT2D eigenvalue weighted by molar-refractivity contribution is 7.89. The maximum atomic E-state index is 13.3. The molecule has 2 saturated heterocycles. The molecule has 126 valence electrons. The van der Waals surface area contributed by atoms with Gasteiger partial charge in [-0.2, -0.15) is 4.31 Å². The fourth-order valence-corrected chi connectivity index (χ4v) is 6.23. The van der Waals surface area contributed by atoms with E-state index in [0.717, 1.165) is 17.4 Å². The average Bonchev–Trinajstić information content (AvgIpc) is 3.12.